The number of benzene rings is 1. The fraction of sp³-hybridized carbons (Fsp3) is 0.474. The zero-order valence-corrected chi connectivity index (χ0v) is 17.0. The summed E-state index contributed by atoms with van der Waals surface area (Å²) in [6.07, 6.45) is 3.54. The second kappa shape index (κ2) is 7.18. The normalized spacial score (nSPS) is 21.6. The molecule has 150 valence electrons. The van der Waals surface area contributed by atoms with Crippen molar-refractivity contribution in [3.63, 3.8) is 0 Å². The first kappa shape index (κ1) is 18.9. The van der Waals surface area contributed by atoms with E-state index >= 15 is 0 Å². The third-order valence-corrected chi connectivity index (χ3v) is 6.13. The van der Waals surface area contributed by atoms with E-state index < -0.39 is 0 Å². The molecule has 0 aliphatic carbocycles. The summed E-state index contributed by atoms with van der Waals surface area (Å²) in [4.78, 5) is 24.9. The number of rotatable bonds is 3. The number of nitrogens with one attached hydrogen (secondary N) is 2. The molecule has 2 aliphatic heterocycles. The summed E-state index contributed by atoms with van der Waals surface area (Å²) in [7, 11) is 5.18. The number of anilines is 1. The van der Waals surface area contributed by atoms with E-state index in [-0.39, 0.29) is 11.6 Å². The van der Waals surface area contributed by atoms with Crippen LogP contribution in [0, 0.1) is 0 Å². The first-order valence-electron chi connectivity index (χ1n) is 9.20. The molecule has 1 aromatic carbocycles. The maximum absolute atomic E-state index is 13.0. The monoisotopic (exact) mass is 405 g/mol. The van der Waals surface area contributed by atoms with Crippen molar-refractivity contribution in [3.8, 4) is 11.5 Å². The lowest BCUT2D eigenvalue weighted by atomic mass is 9.87. The smallest absolute Gasteiger partial charge is 0.322 e. The molecule has 1 atom stereocenters. The number of ether oxygens (including phenoxy) is 2. The highest BCUT2D eigenvalue weighted by atomic mass is 35.5. The Morgan fingerprint density at radius 3 is 2.82 bits per heavy atom. The fourth-order valence-electron chi connectivity index (χ4n) is 4.21. The maximum Gasteiger partial charge on any atom is 0.322 e. The number of H-pyrrole nitrogens is 1. The van der Waals surface area contributed by atoms with Crippen molar-refractivity contribution in [2.24, 2.45) is 0 Å². The number of amides is 2. The van der Waals surface area contributed by atoms with E-state index in [1.54, 1.807) is 25.6 Å². The van der Waals surface area contributed by atoms with Crippen molar-refractivity contribution in [3.05, 3.63) is 34.9 Å². The van der Waals surface area contributed by atoms with Crippen LogP contribution in [-0.2, 0) is 12.0 Å². The molecule has 2 N–H and O–H groups in total. The number of hydrogen-bond donors (Lipinski definition) is 2. The summed E-state index contributed by atoms with van der Waals surface area (Å²) in [5, 5.41) is 3.33. The quantitative estimate of drug-likeness (QED) is 0.820. The van der Waals surface area contributed by atoms with Crippen LogP contribution in [0.1, 0.15) is 17.8 Å². The van der Waals surface area contributed by atoms with Gasteiger partial charge in [0.2, 0.25) is 0 Å². The Hall–Kier alpha value is -2.45. The first-order valence-corrected chi connectivity index (χ1v) is 9.57. The van der Waals surface area contributed by atoms with Crippen LogP contribution in [0.2, 0.25) is 5.02 Å². The van der Waals surface area contributed by atoms with Crippen molar-refractivity contribution in [1.29, 1.82) is 0 Å². The number of halogens is 1. The Morgan fingerprint density at radius 2 is 2.07 bits per heavy atom. The van der Waals surface area contributed by atoms with Crippen LogP contribution < -0.4 is 14.8 Å². The molecule has 0 radical (unpaired) electrons. The Bertz CT molecular complexity index is 902. The largest absolute Gasteiger partial charge is 0.495 e. The third-order valence-electron chi connectivity index (χ3n) is 5.84. The average Bonchev–Trinajstić information content (AvgIpc) is 3.34. The lowest BCUT2D eigenvalue weighted by molar-refractivity contribution is 0.109. The number of methoxy groups -OCH3 is 2. The predicted octanol–water partition coefficient (Wildman–Crippen LogP) is 2.70. The van der Waals surface area contributed by atoms with Gasteiger partial charge in [0, 0.05) is 37.8 Å². The molecule has 9 heteroatoms. The number of aromatic amines is 1. The zero-order chi connectivity index (χ0) is 19.9. The number of imidazole rings is 1. The van der Waals surface area contributed by atoms with E-state index in [9.17, 15) is 4.79 Å². The number of likely N-dealkylation sites (tertiary alicyclic amines) is 1. The van der Waals surface area contributed by atoms with E-state index in [2.05, 4.69) is 27.2 Å². The second-order valence-corrected chi connectivity index (χ2v) is 7.63. The minimum Gasteiger partial charge on any atom is -0.495 e. The van der Waals surface area contributed by atoms with Gasteiger partial charge in [-0.1, -0.05) is 11.6 Å². The molecule has 3 heterocycles. The second-order valence-electron chi connectivity index (χ2n) is 7.22. The van der Waals surface area contributed by atoms with E-state index in [1.165, 1.54) is 12.8 Å². The van der Waals surface area contributed by atoms with E-state index in [1.807, 2.05) is 4.90 Å². The number of aromatic nitrogens is 2. The minimum absolute atomic E-state index is 0.188. The van der Waals surface area contributed by atoms with E-state index in [0.717, 1.165) is 25.1 Å². The number of nitrogens with zero attached hydrogens (tertiary/aromatic N) is 3. The van der Waals surface area contributed by atoms with Gasteiger partial charge in [0.15, 0.2) is 0 Å². The molecule has 1 spiro atoms. The topological polar surface area (TPSA) is 82.7 Å². The summed E-state index contributed by atoms with van der Waals surface area (Å²) in [5.74, 6) is 0.986. The fourth-order valence-corrected chi connectivity index (χ4v) is 4.45. The predicted molar refractivity (Wildman–Crippen MR) is 106 cm³/mol. The molecule has 1 unspecified atom stereocenters. The van der Waals surface area contributed by atoms with E-state index in [4.69, 9.17) is 21.1 Å². The minimum atomic E-state index is -0.243. The summed E-state index contributed by atoms with van der Waals surface area (Å²) in [6, 6.07) is 3.11. The number of carbonyl (C=O) groups is 1. The molecule has 2 amide bonds. The Labute approximate surface area is 168 Å². The molecule has 8 nitrogen and oxygen atoms in total. The number of urea groups is 1. The molecular formula is C19H24ClN5O3. The van der Waals surface area contributed by atoms with Crippen LogP contribution in [0.15, 0.2) is 18.5 Å². The van der Waals surface area contributed by atoms with Crippen LogP contribution in [-0.4, -0.2) is 66.7 Å². The van der Waals surface area contributed by atoms with Crippen molar-refractivity contribution in [2.45, 2.75) is 18.4 Å². The van der Waals surface area contributed by atoms with Gasteiger partial charge in [-0.15, -0.1) is 0 Å². The molecule has 28 heavy (non-hydrogen) atoms. The molecule has 1 aromatic heterocycles. The number of fused-ring (bicyclic) bond motifs is 2. The number of likely N-dealkylation sites (N-methyl/N-ethyl adjacent to an activating group) is 1. The van der Waals surface area contributed by atoms with Crippen LogP contribution in [0.4, 0.5) is 10.5 Å². The lowest BCUT2D eigenvalue weighted by Gasteiger charge is -2.41. The number of carbonyl (C=O) groups excluding carboxylic acids is 1. The summed E-state index contributed by atoms with van der Waals surface area (Å²) in [6.45, 7) is 2.17. The van der Waals surface area contributed by atoms with Gasteiger partial charge in [-0.05, 0) is 19.5 Å². The van der Waals surface area contributed by atoms with Crippen molar-refractivity contribution >= 4 is 23.3 Å². The highest BCUT2D eigenvalue weighted by Gasteiger charge is 2.49. The number of hydrogen-bond acceptors (Lipinski definition) is 5. The standard InChI is InChI=1S/C19H24ClN5O3/c1-24-6-4-13-17(22-11-21-13)19(24)5-7-25(10-19)18(26)23-14-8-12(20)15(27-2)9-16(14)28-3/h8-9,11H,4-7,10H2,1-3H3,(H,21,22)(H,23,26). The lowest BCUT2D eigenvalue weighted by Crippen LogP contribution is -2.51. The summed E-state index contributed by atoms with van der Waals surface area (Å²) < 4.78 is 10.6. The maximum atomic E-state index is 13.0. The zero-order valence-electron chi connectivity index (χ0n) is 16.2. The van der Waals surface area contributed by atoms with Gasteiger partial charge in [-0.3, -0.25) is 4.90 Å². The van der Waals surface area contributed by atoms with Gasteiger partial charge in [0.25, 0.3) is 0 Å². The van der Waals surface area contributed by atoms with Crippen LogP contribution in [0.25, 0.3) is 0 Å². The molecule has 0 saturated carbocycles. The summed E-state index contributed by atoms with van der Waals surface area (Å²) in [5.41, 5.74) is 2.49. The van der Waals surface area contributed by atoms with Gasteiger partial charge in [-0.25, -0.2) is 9.78 Å². The Morgan fingerprint density at radius 1 is 1.29 bits per heavy atom. The van der Waals surface area contributed by atoms with Crippen molar-refractivity contribution in [2.75, 3.05) is 46.2 Å². The SMILES string of the molecule is COc1cc(OC)c(NC(=O)N2CCC3(C2)c2nc[nH]c2CCN3C)cc1Cl. The van der Waals surface area contributed by atoms with Gasteiger partial charge in [0.1, 0.15) is 11.5 Å². The van der Waals surface area contributed by atoms with Crippen LogP contribution in [0.5, 0.6) is 11.5 Å². The van der Waals surface area contributed by atoms with Crippen molar-refractivity contribution in [1.82, 2.24) is 19.8 Å². The van der Waals surface area contributed by atoms with Gasteiger partial charge in [0.05, 0.1) is 42.5 Å². The van der Waals surface area contributed by atoms with Gasteiger partial charge >= 0.3 is 6.03 Å². The van der Waals surface area contributed by atoms with Gasteiger partial charge in [-0.2, -0.15) is 0 Å². The highest BCUT2D eigenvalue weighted by Crippen LogP contribution is 2.41. The molecule has 0 bridgehead atoms. The molecule has 2 aromatic rings. The highest BCUT2D eigenvalue weighted by molar-refractivity contribution is 6.32. The molecule has 1 fully saturated rings. The Balaban J connectivity index is 1.55. The molecule has 1 saturated heterocycles. The van der Waals surface area contributed by atoms with Crippen molar-refractivity contribution < 1.29 is 14.3 Å². The van der Waals surface area contributed by atoms with E-state index in [0.29, 0.717) is 35.3 Å². The van der Waals surface area contributed by atoms with Crippen LogP contribution in [0.3, 0.4) is 0 Å². The molecular weight excluding hydrogens is 382 g/mol. The van der Waals surface area contributed by atoms with Crippen LogP contribution >= 0.6 is 11.6 Å². The Kier molecular flexibility index (Phi) is 4.84. The average molecular weight is 406 g/mol. The summed E-state index contributed by atoms with van der Waals surface area (Å²) >= 11 is 6.22. The van der Waals surface area contributed by atoms with Gasteiger partial charge < -0.3 is 24.7 Å². The molecule has 4 rings (SSSR count). The molecule has 2 aliphatic rings. The first-order chi connectivity index (χ1) is 13.5. The third kappa shape index (κ3) is 2.97.